The Hall–Kier alpha value is -1.67. The Morgan fingerprint density at radius 3 is 2.41 bits per heavy atom. The molecular formula is C15H11BrO. The first kappa shape index (κ1) is 11.8. The maximum Gasteiger partial charge on any atom is 0.185 e. The van der Waals surface area contributed by atoms with Crippen molar-refractivity contribution < 1.29 is 4.79 Å². The minimum absolute atomic E-state index is 0.0519. The van der Waals surface area contributed by atoms with E-state index in [1.807, 2.05) is 42.5 Å². The molecule has 2 rings (SSSR count). The average molecular weight is 287 g/mol. The number of rotatable bonds is 3. The van der Waals surface area contributed by atoms with Gasteiger partial charge in [0.1, 0.15) is 0 Å². The lowest BCUT2D eigenvalue weighted by Gasteiger charge is -2.03. The maximum atomic E-state index is 11.5. The van der Waals surface area contributed by atoms with Crippen molar-refractivity contribution in [2.75, 3.05) is 0 Å². The van der Waals surface area contributed by atoms with Crippen molar-refractivity contribution in [3.05, 3.63) is 71.2 Å². The van der Waals surface area contributed by atoms with E-state index in [4.69, 9.17) is 0 Å². The van der Waals surface area contributed by atoms with Crippen molar-refractivity contribution in [1.82, 2.24) is 0 Å². The van der Waals surface area contributed by atoms with E-state index in [2.05, 4.69) is 22.5 Å². The summed E-state index contributed by atoms with van der Waals surface area (Å²) in [5.74, 6) is -0.0519. The van der Waals surface area contributed by atoms with Crippen LogP contribution in [0.3, 0.4) is 0 Å². The molecule has 0 saturated carbocycles. The van der Waals surface area contributed by atoms with E-state index >= 15 is 0 Å². The summed E-state index contributed by atoms with van der Waals surface area (Å²) in [4.78, 5) is 11.5. The molecule has 0 fully saturated rings. The van der Waals surface area contributed by atoms with E-state index in [0.717, 1.165) is 15.6 Å². The van der Waals surface area contributed by atoms with Crippen molar-refractivity contribution in [1.29, 1.82) is 0 Å². The molecule has 84 valence electrons. The van der Waals surface area contributed by atoms with Gasteiger partial charge in [-0.2, -0.15) is 0 Å². The van der Waals surface area contributed by atoms with E-state index in [9.17, 15) is 4.79 Å². The van der Waals surface area contributed by atoms with E-state index in [-0.39, 0.29) is 5.78 Å². The van der Waals surface area contributed by atoms with Crippen LogP contribution in [0.2, 0.25) is 0 Å². The van der Waals surface area contributed by atoms with Crippen LogP contribution < -0.4 is 0 Å². The summed E-state index contributed by atoms with van der Waals surface area (Å²) in [6.07, 6.45) is 1.33. The topological polar surface area (TPSA) is 17.1 Å². The van der Waals surface area contributed by atoms with Gasteiger partial charge in [-0.3, -0.25) is 4.79 Å². The van der Waals surface area contributed by atoms with Crippen LogP contribution in [0.4, 0.5) is 0 Å². The van der Waals surface area contributed by atoms with Gasteiger partial charge in [-0.1, -0.05) is 52.8 Å². The zero-order valence-corrected chi connectivity index (χ0v) is 10.8. The van der Waals surface area contributed by atoms with Crippen molar-refractivity contribution in [2.24, 2.45) is 0 Å². The summed E-state index contributed by atoms with van der Waals surface area (Å²) >= 11 is 3.40. The smallest absolute Gasteiger partial charge is 0.185 e. The first-order valence-electron chi connectivity index (χ1n) is 5.23. The van der Waals surface area contributed by atoms with Crippen LogP contribution in [0.5, 0.6) is 0 Å². The quantitative estimate of drug-likeness (QED) is 0.600. The van der Waals surface area contributed by atoms with Gasteiger partial charge in [-0.15, -0.1) is 0 Å². The van der Waals surface area contributed by atoms with Gasteiger partial charge >= 0.3 is 0 Å². The summed E-state index contributed by atoms with van der Waals surface area (Å²) in [6.45, 7) is 3.50. The van der Waals surface area contributed by atoms with Crippen molar-refractivity contribution in [3.8, 4) is 11.1 Å². The lowest BCUT2D eigenvalue weighted by molar-refractivity contribution is 0.104. The van der Waals surface area contributed by atoms with E-state index in [0.29, 0.717) is 5.56 Å². The Labute approximate surface area is 109 Å². The summed E-state index contributed by atoms with van der Waals surface area (Å²) in [5.41, 5.74) is 2.79. The molecule has 0 spiro atoms. The summed E-state index contributed by atoms with van der Waals surface area (Å²) in [7, 11) is 0. The van der Waals surface area contributed by atoms with Gasteiger partial charge in [-0.25, -0.2) is 0 Å². The van der Waals surface area contributed by atoms with Crippen LogP contribution >= 0.6 is 15.9 Å². The average Bonchev–Trinajstić information content (AvgIpc) is 2.39. The summed E-state index contributed by atoms with van der Waals surface area (Å²) in [6, 6.07) is 15.6. The molecule has 0 N–H and O–H groups in total. The molecule has 0 amide bonds. The highest BCUT2D eigenvalue weighted by atomic mass is 79.9. The minimum atomic E-state index is -0.0519. The molecule has 0 bridgehead atoms. The Kier molecular flexibility index (Phi) is 3.55. The fourth-order valence-corrected chi connectivity index (χ4v) is 1.88. The molecule has 0 radical (unpaired) electrons. The van der Waals surface area contributed by atoms with Crippen LogP contribution in [0.25, 0.3) is 11.1 Å². The van der Waals surface area contributed by atoms with Crippen LogP contribution in [0.1, 0.15) is 10.4 Å². The molecular weight excluding hydrogens is 276 g/mol. The normalized spacial score (nSPS) is 9.94. The lowest BCUT2D eigenvalue weighted by atomic mass is 10.0. The van der Waals surface area contributed by atoms with Gasteiger partial charge in [0.25, 0.3) is 0 Å². The highest BCUT2D eigenvalue weighted by Crippen LogP contribution is 2.22. The Bertz CT molecular complexity index is 555. The maximum absolute atomic E-state index is 11.5. The summed E-state index contributed by atoms with van der Waals surface area (Å²) in [5, 5.41) is 0. The van der Waals surface area contributed by atoms with E-state index in [1.54, 1.807) is 6.07 Å². The SMILES string of the molecule is C=CC(=O)c1cccc(-c2ccc(Br)cc2)c1. The van der Waals surface area contributed by atoms with E-state index in [1.165, 1.54) is 6.08 Å². The fraction of sp³-hybridized carbons (Fsp3) is 0. The number of benzene rings is 2. The molecule has 0 aromatic heterocycles. The fourth-order valence-electron chi connectivity index (χ4n) is 1.61. The van der Waals surface area contributed by atoms with Gasteiger partial charge in [0, 0.05) is 10.0 Å². The Morgan fingerprint density at radius 1 is 1.06 bits per heavy atom. The first-order chi connectivity index (χ1) is 8.20. The Balaban J connectivity index is 2.42. The van der Waals surface area contributed by atoms with Crippen LogP contribution in [0.15, 0.2) is 65.7 Å². The van der Waals surface area contributed by atoms with Crippen LogP contribution in [-0.4, -0.2) is 5.78 Å². The molecule has 0 aliphatic carbocycles. The highest BCUT2D eigenvalue weighted by molar-refractivity contribution is 9.10. The molecule has 0 atom stereocenters. The standard InChI is InChI=1S/C15H11BrO/c1-2-15(17)13-5-3-4-12(10-13)11-6-8-14(16)9-7-11/h2-10H,1H2. The number of carbonyl (C=O) groups excluding carboxylic acids is 1. The highest BCUT2D eigenvalue weighted by Gasteiger charge is 2.03. The van der Waals surface area contributed by atoms with Crippen LogP contribution in [0, 0.1) is 0 Å². The number of hydrogen-bond donors (Lipinski definition) is 0. The number of carbonyl (C=O) groups is 1. The molecule has 0 saturated heterocycles. The van der Waals surface area contributed by atoms with Gasteiger partial charge in [0.05, 0.1) is 0 Å². The largest absolute Gasteiger partial charge is 0.289 e. The zero-order chi connectivity index (χ0) is 12.3. The Morgan fingerprint density at radius 2 is 1.76 bits per heavy atom. The molecule has 2 aromatic carbocycles. The van der Waals surface area contributed by atoms with Crippen molar-refractivity contribution >= 4 is 21.7 Å². The van der Waals surface area contributed by atoms with Gasteiger partial charge in [0.15, 0.2) is 5.78 Å². The first-order valence-corrected chi connectivity index (χ1v) is 6.03. The second kappa shape index (κ2) is 5.11. The number of ketones is 1. The minimum Gasteiger partial charge on any atom is -0.289 e. The third-order valence-electron chi connectivity index (χ3n) is 2.51. The zero-order valence-electron chi connectivity index (χ0n) is 9.19. The third kappa shape index (κ3) is 2.71. The lowest BCUT2D eigenvalue weighted by Crippen LogP contribution is -1.93. The second-order valence-electron chi connectivity index (χ2n) is 3.66. The second-order valence-corrected chi connectivity index (χ2v) is 4.57. The molecule has 1 nitrogen and oxygen atoms in total. The van der Waals surface area contributed by atoms with Gasteiger partial charge in [0.2, 0.25) is 0 Å². The van der Waals surface area contributed by atoms with Crippen molar-refractivity contribution in [3.63, 3.8) is 0 Å². The molecule has 2 aromatic rings. The summed E-state index contributed by atoms with van der Waals surface area (Å²) < 4.78 is 1.04. The number of hydrogen-bond acceptors (Lipinski definition) is 1. The molecule has 17 heavy (non-hydrogen) atoms. The van der Waals surface area contributed by atoms with E-state index < -0.39 is 0 Å². The van der Waals surface area contributed by atoms with Crippen LogP contribution in [-0.2, 0) is 0 Å². The number of allylic oxidation sites excluding steroid dienone is 1. The third-order valence-corrected chi connectivity index (χ3v) is 3.04. The molecule has 0 aliphatic rings. The van der Waals surface area contributed by atoms with Gasteiger partial charge < -0.3 is 0 Å². The molecule has 0 unspecified atom stereocenters. The monoisotopic (exact) mass is 286 g/mol. The number of halogens is 1. The van der Waals surface area contributed by atoms with Gasteiger partial charge in [-0.05, 0) is 35.4 Å². The van der Waals surface area contributed by atoms with Crippen molar-refractivity contribution in [2.45, 2.75) is 0 Å². The predicted molar refractivity (Wildman–Crippen MR) is 74.1 cm³/mol. The molecule has 2 heteroatoms. The molecule has 0 aliphatic heterocycles. The molecule has 0 heterocycles. The predicted octanol–water partition coefficient (Wildman–Crippen LogP) is 4.48.